The summed E-state index contributed by atoms with van der Waals surface area (Å²) in [6.07, 6.45) is -4.48. The van der Waals surface area contributed by atoms with Crippen molar-refractivity contribution >= 4 is 16.9 Å². The number of halogens is 3. The van der Waals surface area contributed by atoms with Gasteiger partial charge in [0.2, 0.25) is 5.95 Å². The van der Waals surface area contributed by atoms with Crippen LogP contribution < -0.4 is 26.3 Å². The van der Waals surface area contributed by atoms with Crippen LogP contribution in [0.5, 0.6) is 11.5 Å². The maximum absolute atomic E-state index is 13.0. The number of hydrazine groups is 1. The molecule has 0 saturated heterocycles. The summed E-state index contributed by atoms with van der Waals surface area (Å²) in [6.45, 7) is 0. The highest BCUT2D eigenvalue weighted by molar-refractivity contribution is 5.83. The van der Waals surface area contributed by atoms with Crippen molar-refractivity contribution in [2.45, 2.75) is 6.18 Å². The first-order valence-corrected chi connectivity index (χ1v) is 7.63. The second-order valence-electron chi connectivity index (χ2n) is 5.49. The molecule has 27 heavy (non-hydrogen) atoms. The first kappa shape index (κ1) is 18.5. The van der Waals surface area contributed by atoms with Crippen molar-refractivity contribution in [1.29, 1.82) is 0 Å². The number of nitrogens with zero attached hydrogens (tertiary/aromatic N) is 2. The van der Waals surface area contributed by atoms with Crippen molar-refractivity contribution in [3.8, 4) is 17.2 Å². The molecular weight excluding hydrogens is 365 g/mol. The van der Waals surface area contributed by atoms with Gasteiger partial charge in [0, 0.05) is 6.07 Å². The molecule has 10 heteroatoms. The van der Waals surface area contributed by atoms with Crippen molar-refractivity contribution < 1.29 is 22.6 Å². The van der Waals surface area contributed by atoms with Crippen LogP contribution in [0, 0.1) is 0 Å². The number of benzene rings is 2. The summed E-state index contributed by atoms with van der Waals surface area (Å²) in [4.78, 5) is 17.2. The summed E-state index contributed by atoms with van der Waals surface area (Å²) in [5.41, 5.74) is 1.39. The van der Waals surface area contributed by atoms with E-state index in [0.717, 1.165) is 16.7 Å². The summed E-state index contributed by atoms with van der Waals surface area (Å²) < 4.78 is 49.8. The van der Waals surface area contributed by atoms with Crippen LogP contribution in [0.15, 0.2) is 41.2 Å². The first-order chi connectivity index (χ1) is 12.8. The van der Waals surface area contributed by atoms with Gasteiger partial charge in [0.1, 0.15) is 0 Å². The summed E-state index contributed by atoms with van der Waals surface area (Å²) >= 11 is 0. The Labute approximate surface area is 151 Å². The molecule has 0 unspecified atom stereocenters. The van der Waals surface area contributed by atoms with Crippen LogP contribution in [0.3, 0.4) is 0 Å². The Morgan fingerprint density at radius 1 is 1.07 bits per heavy atom. The van der Waals surface area contributed by atoms with Crippen molar-refractivity contribution in [3.63, 3.8) is 0 Å². The molecule has 142 valence electrons. The minimum atomic E-state index is -4.48. The first-order valence-electron chi connectivity index (χ1n) is 7.63. The van der Waals surface area contributed by atoms with Gasteiger partial charge < -0.3 is 9.47 Å². The summed E-state index contributed by atoms with van der Waals surface area (Å²) in [7, 11) is 2.86. The zero-order valence-corrected chi connectivity index (χ0v) is 14.3. The van der Waals surface area contributed by atoms with E-state index in [4.69, 9.17) is 15.3 Å². The SMILES string of the molecule is COc1cc2nc(NN)n(-c3ccc(C(F)(F)F)cc3)c(=O)c2cc1OC. The zero-order chi connectivity index (χ0) is 19.8. The van der Waals surface area contributed by atoms with Gasteiger partial charge in [-0.25, -0.2) is 15.4 Å². The molecule has 0 radical (unpaired) electrons. The van der Waals surface area contributed by atoms with E-state index in [1.165, 1.54) is 38.5 Å². The number of anilines is 1. The van der Waals surface area contributed by atoms with Crippen LogP contribution in [-0.2, 0) is 6.18 Å². The normalized spacial score (nSPS) is 11.5. The van der Waals surface area contributed by atoms with E-state index in [0.29, 0.717) is 11.5 Å². The lowest BCUT2D eigenvalue weighted by Crippen LogP contribution is -2.26. The monoisotopic (exact) mass is 380 g/mol. The van der Waals surface area contributed by atoms with Gasteiger partial charge in [-0.3, -0.25) is 10.2 Å². The Balaban J connectivity index is 2.26. The molecule has 0 fully saturated rings. The molecule has 3 aromatic rings. The zero-order valence-electron chi connectivity index (χ0n) is 14.3. The molecule has 0 aliphatic carbocycles. The molecule has 0 aliphatic heterocycles. The highest BCUT2D eigenvalue weighted by atomic mass is 19.4. The molecule has 1 aromatic heterocycles. The van der Waals surface area contributed by atoms with Gasteiger partial charge in [0.25, 0.3) is 5.56 Å². The third-order valence-corrected chi connectivity index (χ3v) is 3.96. The number of hydrogen-bond donors (Lipinski definition) is 2. The summed E-state index contributed by atoms with van der Waals surface area (Å²) in [5, 5.41) is 0.187. The van der Waals surface area contributed by atoms with Crippen molar-refractivity contribution in [1.82, 2.24) is 9.55 Å². The average Bonchev–Trinajstić information content (AvgIpc) is 2.66. The molecular formula is C17H15F3N4O3. The third-order valence-electron chi connectivity index (χ3n) is 3.96. The number of nitrogens with one attached hydrogen (secondary N) is 1. The van der Waals surface area contributed by atoms with Gasteiger partial charge in [-0.2, -0.15) is 13.2 Å². The van der Waals surface area contributed by atoms with Gasteiger partial charge in [-0.15, -0.1) is 0 Å². The maximum Gasteiger partial charge on any atom is 0.416 e. The van der Waals surface area contributed by atoms with E-state index >= 15 is 0 Å². The number of alkyl halides is 3. The molecule has 0 saturated carbocycles. The third kappa shape index (κ3) is 3.26. The Bertz CT molecular complexity index is 1050. The Morgan fingerprint density at radius 2 is 1.67 bits per heavy atom. The Hall–Kier alpha value is -3.27. The predicted molar refractivity (Wildman–Crippen MR) is 93.3 cm³/mol. The van der Waals surface area contributed by atoms with Crippen LogP contribution in [0.4, 0.5) is 19.1 Å². The Kier molecular flexibility index (Phi) is 4.66. The number of fused-ring (bicyclic) bond motifs is 1. The second-order valence-corrected chi connectivity index (χ2v) is 5.49. The molecule has 3 N–H and O–H groups in total. The van der Waals surface area contributed by atoms with Crippen molar-refractivity contribution in [2.75, 3.05) is 19.6 Å². The number of aromatic nitrogens is 2. The number of rotatable bonds is 4. The average molecular weight is 380 g/mol. The molecule has 0 aliphatic rings. The lowest BCUT2D eigenvalue weighted by atomic mass is 10.2. The minimum absolute atomic E-state index is 0.0421. The topological polar surface area (TPSA) is 91.4 Å². The van der Waals surface area contributed by atoms with Crippen LogP contribution in [0.25, 0.3) is 16.6 Å². The van der Waals surface area contributed by atoms with Gasteiger partial charge >= 0.3 is 6.18 Å². The molecule has 7 nitrogen and oxygen atoms in total. The Morgan fingerprint density at radius 3 is 2.19 bits per heavy atom. The fourth-order valence-electron chi connectivity index (χ4n) is 2.65. The fourth-order valence-corrected chi connectivity index (χ4v) is 2.65. The van der Waals surface area contributed by atoms with E-state index in [1.54, 1.807) is 0 Å². The fraction of sp³-hybridized carbons (Fsp3) is 0.176. The second kappa shape index (κ2) is 6.80. The minimum Gasteiger partial charge on any atom is -0.493 e. The largest absolute Gasteiger partial charge is 0.493 e. The molecule has 1 heterocycles. The number of methoxy groups -OCH3 is 2. The van der Waals surface area contributed by atoms with Crippen LogP contribution in [0.1, 0.15) is 5.56 Å². The van der Waals surface area contributed by atoms with Gasteiger partial charge in [0.15, 0.2) is 11.5 Å². The smallest absolute Gasteiger partial charge is 0.416 e. The molecule has 0 bridgehead atoms. The van der Waals surface area contributed by atoms with E-state index in [2.05, 4.69) is 10.4 Å². The van der Waals surface area contributed by atoms with Crippen LogP contribution >= 0.6 is 0 Å². The standard InChI is InChI=1S/C17H15F3N4O3/c1-26-13-7-11-12(8-14(13)27-2)22-16(23-21)24(15(11)25)10-5-3-9(4-6-10)17(18,19)20/h3-8H,21H2,1-2H3,(H,22,23). The lowest BCUT2D eigenvalue weighted by molar-refractivity contribution is -0.137. The van der Waals surface area contributed by atoms with Gasteiger partial charge in [-0.05, 0) is 30.3 Å². The summed E-state index contributed by atoms with van der Waals surface area (Å²) in [5.74, 6) is 6.11. The highest BCUT2D eigenvalue weighted by Gasteiger charge is 2.30. The van der Waals surface area contributed by atoms with Crippen LogP contribution in [0.2, 0.25) is 0 Å². The van der Waals surface area contributed by atoms with E-state index in [-0.39, 0.29) is 22.5 Å². The quantitative estimate of drug-likeness (QED) is 0.534. The van der Waals surface area contributed by atoms with E-state index < -0.39 is 17.3 Å². The summed E-state index contributed by atoms with van der Waals surface area (Å²) in [6, 6.07) is 7.04. The molecule has 3 rings (SSSR count). The van der Waals surface area contributed by atoms with Crippen molar-refractivity contribution in [3.05, 3.63) is 52.3 Å². The number of hydrogen-bond acceptors (Lipinski definition) is 6. The van der Waals surface area contributed by atoms with Gasteiger partial charge in [0.05, 0.1) is 36.4 Å². The van der Waals surface area contributed by atoms with E-state index in [1.807, 2.05) is 0 Å². The maximum atomic E-state index is 13.0. The highest BCUT2D eigenvalue weighted by Crippen LogP contribution is 2.32. The number of nitrogen functional groups attached to an aromatic ring is 1. The molecule has 2 aromatic carbocycles. The van der Waals surface area contributed by atoms with Crippen molar-refractivity contribution in [2.24, 2.45) is 5.84 Å². The molecule has 0 atom stereocenters. The number of nitrogens with two attached hydrogens (primary N) is 1. The van der Waals surface area contributed by atoms with E-state index in [9.17, 15) is 18.0 Å². The lowest BCUT2D eigenvalue weighted by Gasteiger charge is -2.15. The number of ether oxygens (including phenoxy) is 2. The van der Waals surface area contributed by atoms with Crippen LogP contribution in [-0.4, -0.2) is 23.8 Å². The molecule has 0 amide bonds. The van der Waals surface area contributed by atoms with Gasteiger partial charge in [-0.1, -0.05) is 0 Å². The molecule has 0 spiro atoms. The predicted octanol–water partition coefficient (Wildman–Crippen LogP) is 2.71.